The third-order valence-corrected chi connectivity index (χ3v) is 3.03. The fraction of sp³-hybridized carbons (Fsp3) is 0.417. The second-order valence-corrected chi connectivity index (χ2v) is 4.62. The fourth-order valence-electron chi connectivity index (χ4n) is 2.02. The van der Waals surface area contributed by atoms with E-state index in [0.717, 1.165) is 6.07 Å². The van der Waals surface area contributed by atoms with Crippen LogP contribution in [0.4, 0.5) is 13.2 Å². The maximum Gasteiger partial charge on any atom is 0.433 e. The molecule has 1 amide bonds. The number of halogens is 3. The Bertz CT molecular complexity index is 588. The zero-order valence-electron chi connectivity index (χ0n) is 10.6. The van der Waals surface area contributed by atoms with Crippen LogP contribution in [0.3, 0.4) is 0 Å². The van der Waals surface area contributed by atoms with Gasteiger partial charge >= 0.3 is 12.1 Å². The van der Waals surface area contributed by atoms with Crippen molar-refractivity contribution in [1.82, 2.24) is 9.88 Å². The summed E-state index contributed by atoms with van der Waals surface area (Å²) in [6.07, 6.45) is -5.25. The van der Waals surface area contributed by atoms with Crippen LogP contribution >= 0.6 is 0 Å². The monoisotopic (exact) mass is 304 g/mol. The smallest absolute Gasteiger partial charge is 0.433 e. The van der Waals surface area contributed by atoms with E-state index in [-0.39, 0.29) is 13.1 Å². The molecule has 1 aliphatic rings. The molecule has 0 spiro atoms. The molecule has 0 aromatic carbocycles. The lowest BCUT2D eigenvalue weighted by Crippen LogP contribution is -2.30. The molecule has 114 valence electrons. The number of rotatable bonds is 2. The quantitative estimate of drug-likeness (QED) is 0.851. The van der Waals surface area contributed by atoms with E-state index in [9.17, 15) is 27.9 Å². The number of carbonyl (C=O) groups excluding carboxylic acids is 1. The molecule has 1 atom stereocenters. The highest BCUT2D eigenvalue weighted by Crippen LogP contribution is 2.29. The van der Waals surface area contributed by atoms with Crippen LogP contribution in [0, 0.1) is 0 Å². The molecule has 21 heavy (non-hydrogen) atoms. The summed E-state index contributed by atoms with van der Waals surface area (Å²) >= 11 is 0. The summed E-state index contributed by atoms with van der Waals surface area (Å²) in [5.41, 5.74) is -2.71. The minimum absolute atomic E-state index is 0.00487. The Balaban J connectivity index is 2.40. The number of amides is 1. The molecule has 0 radical (unpaired) electrons. The van der Waals surface area contributed by atoms with Crippen molar-refractivity contribution in [3.63, 3.8) is 0 Å². The van der Waals surface area contributed by atoms with Gasteiger partial charge in [0.1, 0.15) is 11.4 Å². The normalized spacial score (nSPS) is 18.9. The number of carboxylic acid groups (broad SMARTS) is 1. The van der Waals surface area contributed by atoms with Crippen LogP contribution in [0.5, 0.6) is 0 Å². The van der Waals surface area contributed by atoms with Crippen LogP contribution in [-0.2, 0) is 6.18 Å². The molecule has 0 bridgehead atoms. The van der Waals surface area contributed by atoms with E-state index in [1.54, 1.807) is 0 Å². The van der Waals surface area contributed by atoms with E-state index in [4.69, 9.17) is 5.11 Å². The summed E-state index contributed by atoms with van der Waals surface area (Å²) in [5, 5.41) is 18.1. The van der Waals surface area contributed by atoms with Crippen molar-refractivity contribution < 1.29 is 33.0 Å². The van der Waals surface area contributed by atoms with E-state index < -0.39 is 41.1 Å². The molecule has 6 nitrogen and oxygen atoms in total. The van der Waals surface area contributed by atoms with Gasteiger partial charge in [0.2, 0.25) is 0 Å². The molecule has 2 heterocycles. The van der Waals surface area contributed by atoms with Crippen LogP contribution in [0.2, 0.25) is 0 Å². The van der Waals surface area contributed by atoms with Gasteiger partial charge in [0.15, 0.2) is 0 Å². The predicted molar refractivity (Wildman–Crippen MR) is 62.7 cm³/mol. The summed E-state index contributed by atoms with van der Waals surface area (Å²) in [6.45, 7) is 0.205. The Morgan fingerprint density at radius 1 is 1.33 bits per heavy atom. The van der Waals surface area contributed by atoms with E-state index in [1.165, 1.54) is 4.90 Å². The number of likely N-dealkylation sites (tertiary alicyclic amines) is 1. The molecule has 0 aliphatic carbocycles. The first-order chi connectivity index (χ1) is 9.68. The summed E-state index contributed by atoms with van der Waals surface area (Å²) in [4.78, 5) is 27.1. The van der Waals surface area contributed by atoms with Gasteiger partial charge < -0.3 is 15.1 Å². The van der Waals surface area contributed by atoms with E-state index in [2.05, 4.69) is 4.98 Å². The number of hydrogen-bond donors (Lipinski definition) is 2. The maximum atomic E-state index is 12.7. The predicted octanol–water partition coefficient (Wildman–Crippen LogP) is 1.01. The number of aliphatic hydroxyl groups is 1. The van der Waals surface area contributed by atoms with Crippen LogP contribution in [0.25, 0.3) is 0 Å². The van der Waals surface area contributed by atoms with Gasteiger partial charge in [-0.15, -0.1) is 0 Å². The number of alkyl halides is 3. The number of nitrogens with zero attached hydrogens (tertiary/aromatic N) is 2. The third-order valence-electron chi connectivity index (χ3n) is 3.03. The van der Waals surface area contributed by atoms with Crippen molar-refractivity contribution in [1.29, 1.82) is 0 Å². The van der Waals surface area contributed by atoms with Crippen molar-refractivity contribution in [2.45, 2.75) is 18.7 Å². The molecule has 2 rings (SSSR count). The average Bonchev–Trinajstić information content (AvgIpc) is 2.83. The zero-order chi connectivity index (χ0) is 15.8. The molecule has 0 unspecified atom stereocenters. The number of carboxylic acids is 1. The summed E-state index contributed by atoms with van der Waals surface area (Å²) in [7, 11) is 0. The van der Waals surface area contributed by atoms with Gasteiger partial charge in [0, 0.05) is 18.7 Å². The van der Waals surface area contributed by atoms with Crippen LogP contribution in [-0.4, -0.2) is 51.2 Å². The van der Waals surface area contributed by atoms with Gasteiger partial charge in [-0.1, -0.05) is 0 Å². The fourth-order valence-corrected chi connectivity index (χ4v) is 2.02. The third kappa shape index (κ3) is 3.30. The van der Waals surface area contributed by atoms with Crippen molar-refractivity contribution >= 4 is 11.9 Å². The van der Waals surface area contributed by atoms with Crippen LogP contribution in [0.15, 0.2) is 12.1 Å². The standard InChI is InChI=1S/C12H11F3N2O4/c13-12(14,15)9-4-6(3-8(16-9)11(20)21)10(19)17-2-1-7(18)5-17/h3-4,7,18H,1-2,5H2,(H,20,21)/t7-/m0/s1. The van der Waals surface area contributed by atoms with Crippen LogP contribution < -0.4 is 0 Å². The van der Waals surface area contributed by atoms with Crippen molar-refractivity contribution in [2.75, 3.05) is 13.1 Å². The van der Waals surface area contributed by atoms with Crippen molar-refractivity contribution in [2.24, 2.45) is 0 Å². The first-order valence-corrected chi connectivity index (χ1v) is 5.98. The highest BCUT2D eigenvalue weighted by atomic mass is 19.4. The van der Waals surface area contributed by atoms with E-state index >= 15 is 0 Å². The van der Waals surface area contributed by atoms with Crippen molar-refractivity contribution in [3.8, 4) is 0 Å². The molecule has 2 N–H and O–H groups in total. The van der Waals surface area contributed by atoms with Crippen LogP contribution in [0.1, 0.15) is 33.0 Å². The lowest BCUT2D eigenvalue weighted by Gasteiger charge is -2.16. The first kappa shape index (κ1) is 15.2. The highest BCUT2D eigenvalue weighted by Gasteiger charge is 2.35. The Labute approximate surface area is 116 Å². The number of β-amino-alcohol motifs (C(OH)–C–C–N with tert-alkyl or cyclic N) is 1. The van der Waals surface area contributed by atoms with Crippen molar-refractivity contribution in [3.05, 3.63) is 29.1 Å². The first-order valence-electron chi connectivity index (χ1n) is 5.98. The number of aromatic carboxylic acids is 1. The Morgan fingerprint density at radius 3 is 2.48 bits per heavy atom. The molecule has 1 fully saturated rings. The number of aromatic nitrogens is 1. The largest absolute Gasteiger partial charge is 0.477 e. The second-order valence-electron chi connectivity index (χ2n) is 4.62. The van der Waals surface area contributed by atoms with E-state index in [1.807, 2.05) is 0 Å². The molecular weight excluding hydrogens is 293 g/mol. The average molecular weight is 304 g/mol. The molecule has 1 aromatic rings. The number of carbonyl (C=O) groups is 2. The molecule has 9 heteroatoms. The topological polar surface area (TPSA) is 90.7 Å². The molecular formula is C12H11F3N2O4. The molecule has 1 saturated heterocycles. The van der Waals surface area contributed by atoms with Gasteiger partial charge in [-0.3, -0.25) is 4.79 Å². The molecule has 0 saturated carbocycles. The lowest BCUT2D eigenvalue weighted by molar-refractivity contribution is -0.141. The summed E-state index contributed by atoms with van der Waals surface area (Å²) in [5.74, 6) is -2.42. The Morgan fingerprint density at radius 2 is 2.00 bits per heavy atom. The Kier molecular flexibility index (Phi) is 3.86. The number of pyridine rings is 1. The second kappa shape index (κ2) is 5.32. The summed E-state index contributed by atoms with van der Waals surface area (Å²) < 4.78 is 38.1. The Hall–Kier alpha value is -2.16. The SMILES string of the molecule is O=C(O)c1cc(C(=O)N2CC[C@H](O)C2)cc(C(F)(F)F)n1. The van der Waals surface area contributed by atoms with Gasteiger partial charge in [0.25, 0.3) is 5.91 Å². The van der Waals surface area contributed by atoms with E-state index in [0.29, 0.717) is 12.5 Å². The highest BCUT2D eigenvalue weighted by molar-refractivity contribution is 5.97. The minimum Gasteiger partial charge on any atom is -0.477 e. The molecule has 1 aromatic heterocycles. The lowest BCUT2D eigenvalue weighted by atomic mass is 10.1. The van der Waals surface area contributed by atoms with Gasteiger partial charge in [0.05, 0.1) is 6.10 Å². The minimum atomic E-state index is -4.86. The number of aliphatic hydroxyl groups excluding tert-OH is 1. The van der Waals surface area contributed by atoms with Gasteiger partial charge in [-0.2, -0.15) is 13.2 Å². The zero-order valence-corrected chi connectivity index (χ0v) is 10.6. The van der Waals surface area contributed by atoms with Gasteiger partial charge in [-0.05, 0) is 18.6 Å². The molecule has 1 aliphatic heterocycles. The number of hydrogen-bond acceptors (Lipinski definition) is 4. The van der Waals surface area contributed by atoms with Gasteiger partial charge in [-0.25, -0.2) is 9.78 Å². The maximum absolute atomic E-state index is 12.7. The summed E-state index contributed by atoms with van der Waals surface area (Å²) in [6, 6.07) is 1.31.